The summed E-state index contributed by atoms with van der Waals surface area (Å²) in [6.45, 7) is 8.02. The summed E-state index contributed by atoms with van der Waals surface area (Å²) in [5.74, 6) is 0.981. The Labute approximate surface area is 260 Å². The predicted octanol–water partition coefficient (Wildman–Crippen LogP) is 7.65. The Hall–Kier alpha value is -3.89. The molecule has 0 saturated heterocycles. The lowest BCUT2D eigenvalue weighted by molar-refractivity contribution is -0.137. The molecule has 3 aromatic carbocycles. The minimum Gasteiger partial charge on any atom is -0.493 e. The zero-order valence-electron chi connectivity index (χ0n) is 25.6. The SMILES string of the molecule is COc1ccc(CCNC(=O)c2csc(CN(Cc3ccc(C(C)(C)C)cc3)Cc3cccc(C(F)(F)F)c3)n2)cc1OC. The Morgan fingerprint density at radius 3 is 2.18 bits per heavy atom. The lowest BCUT2D eigenvalue weighted by atomic mass is 9.87. The van der Waals surface area contributed by atoms with Gasteiger partial charge in [-0.25, -0.2) is 4.98 Å². The van der Waals surface area contributed by atoms with Gasteiger partial charge in [0.2, 0.25) is 0 Å². The van der Waals surface area contributed by atoms with E-state index in [0.717, 1.165) is 17.2 Å². The van der Waals surface area contributed by atoms with E-state index in [-0.39, 0.29) is 17.9 Å². The number of ether oxygens (including phenoxy) is 2. The number of methoxy groups -OCH3 is 2. The molecule has 44 heavy (non-hydrogen) atoms. The van der Waals surface area contributed by atoms with E-state index < -0.39 is 11.7 Å². The Kier molecular flexibility index (Phi) is 10.7. The van der Waals surface area contributed by atoms with E-state index in [9.17, 15) is 18.0 Å². The molecule has 0 unspecified atom stereocenters. The number of benzene rings is 3. The molecule has 0 aliphatic heterocycles. The maximum Gasteiger partial charge on any atom is 0.416 e. The first-order chi connectivity index (χ1) is 20.9. The lowest BCUT2D eigenvalue weighted by Crippen LogP contribution is -2.26. The molecule has 0 fully saturated rings. The molecule has 1 aromatic heterocycles. The molecular formula is C34H38F3N3O3S. The Morgan fingerprint density at radius 2 is 1.52 bits per heavy atom. The summed E-state index contributed by atoms with van der Waals surface area (Å²) in [4.78, 5) is 19.5. The zero-order valence-corrected chi connectivity index (χ0v) is 26.4. The highest BCUT2D eigenvalue weighted by molar-refractivity contribution is 7.09. The maximum absolute atomic E-state index is 13.4. The molecule has 1 amide bonds. The summed E-state index contributed by atoms with van der Waals surface area (Å²) in [5.41, 5.74) is 3.42. The second-order valence-electron chi connectivity index (χ2n) is 11.6. The number of carbonyl (C=O) groups is 1. The molecule has 0 saturated carbocycles. The molecule has 0 atom stereocenters. The van der Waals surface area contributed by atoms with E-state index in [2.05, 4.69) is 55.3 Å². The highest BCUT2D eigenvalue weighted by Crippen LogP contribution is 2.31. The second kappa shape index (κ2) is 14.3. The number of nitrogens with zero attached hydrogens (tertiary/aromatic N) is 2. The Bertz CT molecular complexity index is 1550. The molecule has 0 radical (unpaired) electrons. The highest BCUT2D eigenvalue weighted by Gasteiger charge is 2.30. The molecule has 0 aliphatic rings. The first-order valence-electron chi connectivity index (χ1n) is 14.3. The summed E-state index contributed by atoms with van der Waals surface area (Å²) in [5, 5.41) is 5.32. The van der Waals surface area contributed by atoms with Crippen LogP contribution in [-0.4, -0.2) is 36.6 Å². The molecule has 1 heterocycles. The van der Waals surface area contributed by atoms with Gasteiger partial charge < -0.3 is 14.8 Å². The van der Waals surface area contributed by atoms with Gasteiger partial charge in [-0.1, -0.05) is 69.3 Å². The molecule has 1 N–H and O–H groups in total. The smallest absolute Gasteiger partial charge is 0.416 e. The van der Waals surface area contributed by atoms with Crippen LogP contribution in [0.1, 0.15) is 64.1 Å². The van der Waals surface area contributed by atoms with E-state index >= 15 is 0 Å². The number of carbonyl (C=O) groups excluding carboxylic acids is 1. The van der Waals surface area contributed by atoms with Crippen molar-refractivity contribution in [3.63, 3.8) is 0 Å². The summed E-state index contributed by atoms with van der Waals surface area (Å²) >= 11 is 1.36. The van der Waals surface area contributed by atoms with Crippen molar-refractivity contribution in [1.82, 2.24) is 15.2 Å². The largest absolute Gasteiger partial charge is 0.493 e. The average molecular weight is 626 g/mol. The molecule has 0 aliphatic carbocycles. The fraction of sp³-hybridized carbons (Fsp3) is 0.353. The van der Waals surface area contributed by atoms with Crippen molar-refractivity contribution in [2.75, 3.05) is 20.8 Å². The fourth-order valence-electron chi connectivity index (χ4n) is 4.77. The van der Waals surface area contributed by atoms with Crippen LogP contribution in [0.4, 0.5) is 13.2 Å². The predicted molar refractivity (Wildman–Crippen MR) is 167 cm³/mol. The first-order valence-corrected chi connectivity index (χ1v) is 15.1. The van der Waals surface area contributed by atoms with Gasteiger partial charge in [0, 0.05) is 25.0 Å². The number of thiazole rings is 1. The lowest BCUT2D eigenvalue weighted by Gasteiger charge is -2.23. The quantitative estimate of drug-likeness (QED) is 0.175. The van der Waals surface area contributed by atoms with E-state index in [0.29, 0.717) is 53.8 Å². The van der Waals surface area contributed by atoms with Crippen LogP contribution in [0.3, 0.4) is 0 Å². The summed E-state index contributed by atoms with van der Waals surface area (Å²) < 4.78 is 50.8. The topological polar surface area (TPSA) is 63.7 Å². The van der Waals surface area contributed by atoms with E-state index in [1.807, 2.05) is 23.1 Å². The number of hydrogen-bond acceptors (Lipinski definition) is 6. The van der Waals surface area contributed by atoms with Crippen LogP contribution in [0.25, 0.3) is 0 Å². The molecule has 6 nitrogen and oxygen atoms in total. The standard InChI is InChI=1S/C34H38F3N3O3S/c1-33(2,3)26-12-9-24(10-13-26)19-40(20-25-7-6-8-27(17-25)34(35,36)37)21-31-39-28(22-44-31)32(41)38-16-15-23-11-14-29(42-4)30(18-23)43-5/h6-14,17-18,22H,15-16,19-21H2,1-5H3,(H,38,41). The van der Waals surface area contributed by atoms with Crippen molar-refractivity contribution in [3.8, 4) is 11.5 Å². The van der Waals surface area contributed by atoms with Crippen LogP contribution in [0.5, 0.6) is 11.5 Å². The van der Waals surface area contributed by atoms with Crippen molar-refractivity contribution in [2.24, 2.45) is 0 Å². The average Bonchev–Trinajstić information content (AvgIpc) is 3.45. The number of aromatic nitrogens is 1. The van der Waals surface area contributed by atoms with E-state index in [1.165, 1.54) is 29.0 Å². The number of halogens is 3. The van der Waals surface area contributed by atoms with Crippen molar-refractivity contribution in [1.29, 1.82) is 0 Å². The van der Waals surface area contributed by atoms with Gasteiger partial charge in [-0.05, 0) is 52.3 Å². The number of amides is 1. The van der Waals surface area contributed by atoms with E-state index in [1.54, 1.807) is 25.7 Å². The summed E-state index contributed by atoms with van der Waals surface area (Å²) in [6.07, 6.45) is -3.82. The molecule has 234 valence electrons. The monoisotopic (exact) mass is 625 g/mol. The summed E-state index contributed by atoms with van der Waals surface area (Å²) in [6, 6.07) is 19.3. The van der Waals surface area contributed by atoms with Crippen molar-refractivity contribution >= 4 is 17.2 Å². The van der Waals surface area contributed by atoms with Crippen LogP contribution in [0, 0.1) is 0 Å². The van der Waals surface area contributed by atoms with Crippen molar-refractivity contribution in [3.05, 3.63) is 111 Å². The number of alkyl halides is 3. The van der Waals surface area contributed by atoms with Crippen molar-refractivity contribution in [2.45, 2.75) is 58.4 Å². The van der Waals surface area contributed by atoms with Gasteiger partial charge >= 0.3 is 6.18 Å². The molecule has 4 rings (SSSR count). The second-order valence-corrected chi connectivity index (χ2v) is 12.6. The van der Waals surface area contributed by atoms with Crippen LogP contribution >= 0.6 is 11.3 Å². The molecular weight excluding hydrogens is 587 g/mol. The van der Waals surface area contributed by atoms with Crippen LogP contribution in [0.15, 0.2) is 72.1 Å². The number of nitrogens with one attached hydrogen (secondary N) is 1. The normalized spacial score (nSPS) is 11.9. The molecule has 0 bridgehead atoms. The molecule has 4 aromatic rings. The minimum atomic E-state index is -4.42. The minimum absolute atomic E-state index is 0.00954. The van der Waals surface area contributed by atoms with Gasteiger partial charge in [-0.2, -0.15) is 13.2 Å². The first kappa shape index (κ1) is 33.0. The summed E-state index contributed by atoms with van der Waals surface area (Å²) in [7, 11) is 3.15. The number of rotatable bonds is 12. The number of hydrogen-bond donors (Lipinski definition) is 1. The van der Waals surface area contributed by atoms with Gasteiger partial charge in [0.15, 0.2) is 11.5 Å². The maximum atomic E-state index is 13.4. The van der Waals surface area contributed by atoms with Crippen LogP contribution in [-0.2, 0) is 37.6 Å². The van der Waals surface area contributed by atoms with Gasteiger partial charge in [0.05, 0.1) is 26.3 Å². The Morgan fingerprint density at radius 1 is 0.841 bits per heavy atom. The van der Waals surface area contributed by atoms with Gasteiger partial charge in [0.25, 0.3) is 5.91 Å². The molecule has 0 spiro atoms. The van der Waals surface area contributed by atoms with Crippen molar-refractivity contribution < 1.29 is 27.4 Å². The fourth-order valence-corrected chi connectivity index (χ4v) is 5.58. The molecule has 10 heteroatoms. The van der Waals surface area contributed by atoms with E-state index in [4.69, 9.17) is 9.47 Å². The van der Waals surface area contributed by atoms with Crippen LogP contribution < -0.4 is 14.8 Å². The highest BCUT2D eigenvalue weighted by atomic mass is 32.1. The third kappa shape index (κ3) is 9.06. The zero-order chi connectivity index (χ0) is 31.9. The van der Waals surface area contributed by atoms with Gasteiger partial charge in [-0.3, -0.25) is 9.69 Å². The van der Waals surface area contributed by atoms with Gasteiger partial charge in [0.1, 0.15) is 10.7 Å². The van der Waals surface area contributed by atoms with Crippen LogP contribution in [0.2, 0.25) is 0 Å². The van der Waals surface area contributed by atoms with Gasteiger partial charge in [-0.15, -0.1) is 11.3 Å². The Balaban J connectivity index is 1.44. The third-order valence-corrected chi connectivity index (χ3v) is 8.01. The third-order valence-electron chi connectivity index (χ3n) is 7.18.